The second kappa shape index (κ2) is 11.4. The second-order valence-corrected chi connectivity index (χ2v) is 30.8. The summed E-state index contributed by atoms with van der Waals surface area (Å²) in [5.74, 6) is 1.64. The minimum atomic E-state index is -1.65. The van der Waals surface area contributed by atoms with Crippen molar-refractivity contribution in [2.45, 2.75) is 77.3 Å². The second-order valence-electron chi connectivity index (χ2n) is 7.86. The van der Waals surface area contributed by atoms with Crippen LogP contribution in [0.2, 0.25) is 13.1 Å². The SMILES string of the molecule is CC1CCCc2[cH-]ccc21.CC1CCCc2[cH-]ccc21.C[Si](C)=[Zr]([Cl])[Cl]. The third-order valence-corrected chi connectivity index (χ3v) is 25.2. The molecule has 2 unspecified atom stereocenters. The maximum absolute atomic E-state index is 5.62. The average molecular weight is 487 g/mol. The first kappa shape index (κ1) is 22.7. The topological polar surface area (TPSA) is 0 Å². The Morgan fingerprint density at radius 3 is 1.58 bits per heavy atom. The Kier molecular flexibility index (Phi) is 9.94. The Morgan fingerprint density at radius 2 is 1.27 bits per heavy atom. The van der Waals surface area contributed by atoms with Crippen LogP contribution in [0.15, 0.2) is 36.4 Å². The molecule has 26 heavy (non-hydrogen) atoms. The Morgan fingerprint density at radius 1 is 0.885 bits per heavy atom. The summed E-state index contributed by atoms with van der Waals surface area (Å²) in [6.07, 6.45) is 8.17. The molecule has 0 bridgehead atoms. The summed E-state index contributed by atoms with van der Waals surface area (Å²) in [6.45, 7) is 8.99. The fourth-order valence-electron chi connectivity index (χ4n) is 3.87. The van der Waals surface area contributed by atoms with Crippen molar-refractivity contribution in [1.82, 2.24) is 0 Å². The molecule has 0 aromatic heterocycles. The summed E-state index contributed by atoms with van der Waals surface area (Å²) in [6, 6.07) is 13.5. The van der Waals surface area contributed by atoms with Crippen molar-refractivity contribution in [2.24, 2.45) is 0 Å². The van der Waals surface area contributed by atoms with E-state index in [1.807, 2.05) is 0 Å². The molecule has 2 aliphatic rings. The number of aryl methyl sites for hydroxylation is 2. The zero-order chi connectivity index (χ0) is 19.1. The van der Waals surface area contributed by atoms with Gasteiger partial charge in [0.15, 0.2) is 0 Å². The van der Waals surface area contributed by atoms with E-state index in [9.17, 15) is 0 Å². The summed E-state index contributed by atoms with van der Waals surface area (Å²) >= 11 is -1.65. The van der Waals surface area contributed by atoms with Crippen molar-refractivity contribution in [3.63, 3.8) is 0 Å². The zero-order valence-electron chi connectivity index (χ0n) is 16.6. The van der Waals surface area contributed by atoms with Gasteiger partial charge < -0.3 is 0 Å². The molecule has 0 aliphatic heterocycles. The van der Waals surface area contributed by atoms with E-state index in [1.54, 1.807) is 22.3 Å². The van der Waals surface area contributed by atoms with Crippen LogP contribution in [-0.2, 0) is 30.8 Å². The van der Waals surface area contributed by atoms with E-state index in [2.05, 4.69) is 63.3 Å². The van der Waals surface area contributed by atoms with E-state index in [-0.39, 0.29) is 5.43 Å². The number of rotatable bonds is 0. The molecule has 0 radical (unpaired) electrons. The first-order valence-electron chi connectivity index (χ1n) is 9.87. The van der Waals surface area contributed by atoms with E-state index in [0.29, 0.717) is 0 Å². The average Bonchev–Trinajstić information content (AvgIpc) is 3.26. The van der Waals surface area contributed by atoms with Crippen LogP contribution in [0.1, 0.15) is 73.6 Å². The van der Waals surface area contributed by atoms with Crippen molar-refractivity contribution >= 4 is 22.5 Å². The van der Waals surface area contributed by atoms with E-state index >= 15 is 0 Å². The van der Waals surface area contributed by atoms with E-state index in [0.717, 1.165) is 11.8 Å². The monoisotopic (exact) mass is 484 g/mol. The Balaban J connectivity index is 0.000000146. The predicted octanol–water partition coefficient (Wildman–Crippen LogP) is 7.85. The Hall–Kier alpha value is 0.380. The molecule has 144 valence electrons. The molecule has 0 fully saturated rings. The van der Waals surface area contributed by atoms with Crippen molar-refractivity contribution in [3.8, 4) is 0 Å². The van der Waals surface area contributed by atoms with Gasteiger partial charge in [-0.3, -0.25) is 0 Å². The predicted molar refractivity (Wildman–Crippen MR) is 116 cm³/mol. The molecule has 2 atom stereocenters. The maximum atomic E-state index is 5.62. The summed E-state index contributed by atoms with van der Waals surface area (Å²) in [4.78, 5) is 0. The third-order valence-electron chi connectivity index (χ3n) is 5.49. The third kappa shape index (κ3) is 6.77. The molecular formula is C22H32Cl2SiZr-2. The number of hydrogen-bond acceptors (Lipinski definition) is 0. The fourth-order valence-corrected chi connectivity index (χ4v) is 3.87. The van der Waals surface area contributed by atoms with Crippen molar-refractivity contribution in [1.29, 1.82) is 0 Å². The first-order valence-corrected chi connectivity index (χ1v) is 22.4. The Labute approximate surface area is 175 Å². The van der Waals surface area contributed by atoms with Crippen molar-refractivity contribution in [3.05, 3.63) is 58.7 Å². The van der Waals surface area contributed by atoms with Gasteiger partial charge in [-0.05, 0) is 0 Å². The molecular weight excluding hydrogens is 454 g/mol. The quantitative estimate of drug-likeness (QED) is 0.263. The van der Waals surface area contributed by atoms with E-state index < -0.39 is 18.0 Å². The number of hydrogen-bond donors (Lipinski definition) is 0. The van der Waals surface area contributed by atoms with Crippen LogP contribution in [0.25, 0.3) is 0 Å². The molecule has 2 aromatic rings. The van der Waals surface area contributed by atoms with Gasteiger partial charge in [0.25, 0.3) is 0 Å². The summed E-state index contributed by atoms with van der Waals surface area (Å²) in [5.41, 5.74) is 6.17. The molecule has 0 heterocycles. The minimum absolute atomic E-state index is 0.224. The van der Waals surface area contributed by atoms with E-state index in [4.69, 9.17) is 17.0 Å². The molecule has 4 heteroatoms. The summed E-state index contributed by atoms with van der Waals surface area (Å²) < 4.78 is 0. The van der Waals surface area contributed by atoms with Crippen LogP contribution in [0.5, 0.6) is 0 Å². The van der Waals surface area contributed by atoms with Crippen LogP contribution < -0.4 is 0 Å². The zero-order valence-corrected chi connectivity index (χ0v) is 21.6. The fraction of sp³-hybridized carbons (Fsp3) is 0.545. The number of fused-ring (bicyclic) bond motifs is 2. The molecule has 2 aromatic carbocycles. The van der Waals surface area contributed by atoms with Crippen molar-refractivity contribution in [2.75, 3.05) is 0 Å². The van der Waals surface area contributed by atoms with Gasteiger partial charge >= 0.3 is 53.5 Å². The Bertz CT molecular complexity index is 645. The first-order chi connectivity index (χ1) is 12.4. The van der Waals surface area contributed by atoms with Gasteiger partial charge in [-0.15, -0.1) is 0 Å². The van der Waals surface area contributed by atoms with Crippen LogP contribution in [0.4, 0.5) is 0 Å². The molecule has 0 N–H and O–H groups in total. The molecule has 0 nitrogen and oxygen atoms in total. The van der Waals surface area contributed by atoms with Gasteiger partial charge in [0.2, 0.25) is 0 Å². The molecule has 0 saturated heterocycles. The van der Waals surface area contributed by atoms with Gasteiger partial charge in [0.1, 0.15) is 0 Å². The number of halogens is 2. The van der Waals surface area contributed by atoms with Crippen LogP contribution in [-0.4, -0.2) is 5.43 Å². The molecule has 4 rings (SSSR count). The van der Waals surface area contributed by atoms with Crippen molar-refractivity contribution < 1.29 is 18.0 Å². The molecule has 0 spiro atoms. The van der Waals surface area contributed by atoms with Gasteiger partial charge in [-0.1, -0.05) is 64.2 Å². The van der Waals surface area contributed by atoms with E-state index in [1.165, 1.54) is 38.5 Å². The van der Waals surface area contributed by atoms with Gasteiger partial charge in [-0.25, -0.2) is 12.1 Å². The molecule has 2 aliphatic carbocycles. The van der Waals surface area contributed by atoms with Crippen LogP contribution >= 0.6 is 17.0 Å². The normalized spacial score (nSPS) is 20.5. The van der Waals surface area contributed by atoms with Gasteiger partial charge in [0, 0.05) is 0 Å². The molecule has 0 amide bonds. The van der Waals surface area contributed by atoms with Gasteiger partial charge in [0.05, 0.1) is 0 Å². The van der Waals surface area contributed by atoms with Crippen LogP contribution in [0, 0.1) is 0 Å². The summed E-state index contributed by atoms with van der Waals surface area (Å²) in [5, 5.41) is 0. The van der Waals surface area contributed by atoms with Crippen LogP contribution in [0.3, 0.4) is 0 Å². The summed E-state index contributed by atoms with van der Waals surface area (Å²) in [7, 11) is 11.2. The standard InChI is InChI=1S/2C10H13.C2H6Si.2ClH.Zr/c2*1-8-4-2-5-9-6-3-7-10(8)9;1-3-2;;;/h2*3,6-8H,2,4-5H2,1H3;1-2H3;2*1H;/q2*-1;;;;+2/p-2. The van der Waals surface area contributed by atoms with Gasteiger partial charge in [-0.2, -0.15) is 46.5 Å². The molecule has 0 saturated carbocycles.